The monoisotopic (exact) mass is 506 g/mol. The van der Waals surface area contributed by atoms with E-state index in [0.29, 0.717) is 6.61 Å². The number of carbonyl (C=O) groups is 1. The molecule has 1 aromatic rings. The van der Waals surface area contributed by atoms with E-state index in [1.807, 2.05) is 37.3 Å². The Hall–Kier alpha value is -0.107. The third-order valence-electron chi connectivity index (χ3n) is 3.51. The molecule has 0 unspecified atom stereocenters. The summed E-state index contributed by atoms with van der Waals surface area (Å²) in [6.45, 7) is 8.56. The number of esters is 1. The topological polar surface area (TPSA) is 35.5 Å². The number of hydrogen-bond acceptors (Lipinski definition) is 3. The molecule has 1 aromatic carbocycles. The van der Waals surface area contributed by atoms with Crippen LogP contribution in [-0.2, 0) is 13.3 Å². The molecule has 1 heterocycles. The van der Waals surface area contributed by atoms with Crippen molar-refractivity contribution in [3.63, 3.8) is 0 Å². The van der Waals surface area contributed by atoms with Crippen LogP contribution in [-0.4, -0.2) is 22.5 Å². The molecule has 0 amide bonds. The van der Waals surface area contributed by atoms with E-state index < -0.39 is 15.8 Å². The summed E-state index contributed by atoms with van der Waals surface area (Å²) in [5.74, 6) is -0.626. The summed E-state index contributed by atoms with van der Waals surface area (Å²) in [4.78, 5) is 12.7. The summed E-state index contributed by atoms with van der Waals surface area (Å²) >= 11 is 7.53. The number of ether oxygens (including phenoxy) is 1. The van der Waals surface area contributed by atoms with Gasteiger partial charge in [-0.2, -0.15) is 0 Å². The van der Waals surface area contributed by atoms with E-state index in [-0.39, 0.29) is 17.5 Å². The van der Waals surface area contributed by atoms with Crippen LogP contribution in [0.15, 0.2) is 40.8 Å². The second kappa shape index (κ2) is 7.42. The molecule has 126 valence electrons. The summed E-state index contributed by atoms with van der Waals surface area (Å²) in [5.41, 5.74) is 0.948. The second-order valence-corrected chi connectivity index (χ2v) is 27.7. The van der Waals surface area contributed by atoms with Gasteiger partial charge in [-0.3, -0.25) is 0 Å². The number of benzene rings is 1. The summed E-state index contributed by atoms with van der Waals surface area (Å²) in [7, 11) is -3.06. The second-order valence-electron chi connectivity index (χ2n) is 6.66. The quantitative estimate of drug-likeness (QED) is 0.419. The van der Waals surface area contributed by atoms with Crippen molar-refractivity contribution in [2.45, 2.75) is 33.8 Å². The van der Waals surface area contributed by atoms with Crippen LogP contribution in [0.3, 0.4) is 0 Å². The summed E-state index contributed by atoms with van der Waals surface area (Å²) in [6, 6.07) is 9.87. The fourth-order valence-corrected chi connectivity index (χ4v) is 12.6. The van der Waals surface area contributed by atoms with Gasteiger partial charge in [0.1, 0.15) is 0 Å². The number of halogens is 2. The van der Waals surface area contributed by atoms with Crippen molar-refractivity contribution >= 4 is 43.9 Å². The predicted octanol–water partition coefficient (Wildman–Crippen LogP) is 5.18. The van der Waals surface area contributed by atoms with Crippen LogP contribution < -0.4 is 0 Å². The molecule has 0 radical (unpaired) electrons. The molecule has 0 bridgehead atoms. The Morgan fingerprint density at radius 2 is 1.91 bits per heavy atom. The molecule has 0 aliphatic carbocycles. The van der Waals surface area contributed by atoms with Gasteiger partial charge in [-0.25, -0.2) is 0 Å². The van der Waals surface area contributed by atoms with Crippen LogP contribution >= 0.6 is 28.0 Å². The Morgan fingerprint density at radius 1 is 1.30 bits per heavy atom. The van der Waals surface area contributed by atoms with Crippen molar-refractivity contribution in [2.75, 3.05) is 6.61 Å². The van der Waals surface area contributed by atoms with Gasteiger partial charge in [-0.05, 0) is 0 Å². The summed E-state index contributed by atoms with van der Waals surface area (Å²) in [6.07, 6.45) is 1.84. The van der Waals surface area contributed by atoms with E-state index in [1.165, 1.54) is 0 Å². The Balaban J connectivity index is 2.52. The summed E-state index contributed by atoms with van der Waals surface area (Å²) < 4.78 is 12.7. The molecule has 2 atom stereocenters. The van der Waals surface area contributed by atoms with Crippen molar-refractivity contribution in [1.29, 1.82) is 0 Å². The first-order valence-electron chi connectivity index (χ1n) is 7.66. The molecular weight excluding hydrogens is 485 g/mol. The molecule has 1 saturated heterocycles. The molecular formula is C17H22Br2GeO3. The molecule has 1 aliphatic heterocycles. The molecule has 0 aromatic heterocycles. The normalized spacial score (nSPS) is 25.6. The molecule has 23 heavy (non-hydrogen) atoms. The first-order valence-corrected chi connectivity index (χ1v) is 19.4. The Bertz CT molecular complexity index is 594. The first-order chi connectivity index (χ1) is 10.7. The fourth-order valence-electron chi connectivity index (χ4n) is 2.67. The minimum atomic E-state index is -3.06. The van der Waals surface area contributed by atoms with E-state index >= 15 is 0 Å². The van der Waals surface area contributed by atoms with Crippen LogP contribution in [0.5, 0.6) is 0 Å². The van der Waals surface area contributed by atoms with E-state index in [4.69, 9.17) is 8.50 Å². The van der Waals surface area contributed by atoms with Gasteiger partial charge in [-0.15, -0.1) is 0 Å². The van der Waals surface area contributed by atoms with Crippen molar-refractivity contribution < 1.29 is 13.3 Å². The molecule has 3 nitrogen and oxygen atoms in total. The van der Waals surface area contributed by atoms with Gasteiger partial charge in [0.2, 0.25) is 0 Å². The zero-order valence-electron chi connectivity index (χ0n) is 13.8. The maximum atomic E-state index is 12.7. The molecule has 2 rings (SSSR count). The standard InChI is InChI=1S/C17H22Br2GeO3/c1-5-22-16(21)14-13(11-17(2,3)4)20(18,19)23-15(14)12-9-7-6-8-10-12/h6-11,14-15H,5H2,1-4H3/b13-11+/t14-,15-/m1/s1. The van der Waals surface area contributed by atoms with Gasteiger partial charge >= 0.3 is 155 Å². The van der Waals surface area contributed by atoms with Crippen molar-refractivity contribution in [3.05, 3.63) is 46.4 Å². The van der Waals surface area contributed by atoms with Gasteiger partial charge in [0.25, 0.3) is 0 Å². The van der Waals surface area contributed by atoms with E-state index in [2.05, 4.69) is 54.9 Å². The van der Waals surface area contributed by atoms with Crippen LogP contribution in [0.25, 0.3) is 0 Å². The number of rotatable bonds is 3. The van der Waals surface area contributed by atoms with Gasteiger partial charge < -0.3 is 0 Å². The third-order valence-corrected chi connectivity index (χ3v) is 13.7. The first kappa shape index (κ1) is 19.2. The van der Waals surface area contributed by atoms with E-state index in [1.54, 1.807) is 0 Å². The summed E-state index contributed by atoms with van der Waals surface area (Å²) in [5, 5.41) is 0. The SMILES string of the molecule is CCOC(=O)[C@@H]1/[C](=C\C(C)(C)C)[Ge]([Br])([Br])[O][C@@H]1c1ccccc1. The van der Waals surface area contributed by atoms with Crippen molar-refractivity contribution in [2.24, 2.45) is 11.3 Å². The van der Waals surface area contributed by atoms with Crippen LogP contribution in [0, 0.1) is 11.3 Å². The number of allylic oxidation sites excluding steroid dienone is 1. The van der Waals surface area contributed by atoms with Gasteiger partial charge in [0.15, 0.2) is 0 Å². The molecule has 1 aliphatic rings. The van der Waals surface area contributed by atoms with Gasteiger partial charge in [-0.1, -0.05) is 0 Å². The Kier molecular flexibility index (Phi) is 6.20. The fraction of sp³-hybridized carbons (Fsp3) is 0.471. The van der Waals surface area contributed by atoms with Gasteiger partial charge in [0, 0.05) is 0 Å². The van der Waals surface area contributed by atoms with E-state index in [9.17, 15) is 4.79 Å². The van der Waals surface area contributed by atoms with Crippen molar-refractivity contribution in [3.8, 4) is 0 Å². The van der Waals surface area contributed by atoms with E-state index in [0.717, 1.165) is 9.97 Å². The minimum absolute atomic E-state index is 0.0486. The molecule has 6 heteroatoms. The zero-order chi connectivity index (χ0) is 17.3. The third kappa shape index (κ3) is 4.71. The van der Waals surface area contributed by atoms with Gasteiger partial charge in [0.05, 0.1) is 0 Å². The average molecular weight is 507 g/mol. The Morgan fingerprint density at radius 3 is 2.43 bits per heavy atom. The average Bonchev–Trinajstić information content (AvgIpc) is 2.70. The zero-order valence-corrected chi connectivity index (χ0v) is 19.1. The number of carbonyl (C=O) groups excluding carboxylic acids is 1. The maximum absolute atomic E-state index is 12.7. The Labute approximate surface area is 154 Å². The van der Waals surface area contributed by atoms with Crippen LogP contribution in [0.2, 0.25) is 0 Å². The van der Waals surface area contributed by atoms with Crippen molar-refractivity contribution in [1.82, 2.24) is 0 Å². The molecule has 0 N–H and O–H groups in total. The molecule has 1 fully saturated rings. The molecule has 0 spiro atoms. The van der Waals surface area contributed by atoms with Crippen LogP contribution in [0.1, 0.15) is 39.4 Å². The van der Waals surface area contributed by atoms with Crippen LogP contribution in [0.4, 0.5) is 0 Å². The molecule has 0 saturated carbocycles. The number of hydrogen-bond donors (Lipinski definition) is 0. The predicted molar refractivity (Wildman–Crippen MR) is 102 cm³/mol.